The van der Waals surface area contributed by atoms with Crippen molar-refractivity contribution in [3.8, 4) is 0 Å². The summed E-state index contributed by atoms with van der Waals surface area (Å²) in [5.74, 6) is 0. The fraction of sp³-hybridized carbons (Fsp3) is 0.600. The number of nitrogens with zero attached hydrogens (tertiary/aromatic N) is 2. The first-order valence-corrected chi connectivity index (χ1v) is 2.54. The Morgan fingerprint density at radius 2 is 2.25 bits per heavy atom. The molecule has 0 aliphatic carbocycles. The Morgan fingerprint density at radius 1 is 1.50 bits per heavy atom. The SMILES string of the molecule is CC1(C)C=NNC=N1. The van der Waals surface area contributed by atoms with Gasteiger partial charge in [0, 0.05) is 0 Å². The number of hydrogen-bond acceptors (Lipinski definition) is 3. The fourth-order valence-corrected chi connectivity index (χ4v) is 0.457. The third kappa shape index (κ3) is 1.05. The maximum atomic E-state index is 4.08. The topological polar surface area (TPSA) is 36.8 Å². The summed E-state index contributed by atoms with van der Waals surface area (Å²) >= 11 is 0. The molecule has 0 spiro atoms. The largest absolute Gasteiger partial charge is 0.268 e. The van der Waals surface area contributed by atoms with E-state index in [1.54, 1.807) is 12.6 Å². The van der Waals surface area contributed by atoms with Gasteiger partial charge in [0.15, 0.2) is 0 Å². The smallest absolute Gasteiger partial charge is 0.104 e. The Labute approximate surface area is 48.5 Å². The first-order valence-electron chi connectivity index (χ1n) is 2.54. The summed E-state index contributed by atoms with van der Waals surface area (Å²) < 4.78 is 0. The molecule has 0 bridgehead atoms. The van der Waals surface area contributed by atoms with Crippen molar-refractivity contribution < 1.29 is 0 Å². The lowest BCUT2D eigenvalue weighted by Gasteiger charge is -2.14. The number of aliphatic imine (C=N–C) groups is 1. The van der Waals surface area contributed by atoms with Crippen molar-refractivity contribution >= 4 is 12.6 Å². The number of rotatable bonds is 0. The van der Waals surface area contributed by atoms with Gasteiger partial charge >= 0.3 is 0 Å². The van der Waals surface area contributed by atoms with Gasteiger partial charge in [-0.3, -0.25) is 10.4 Å². The van der Waals surface area contributed by atoms with Crippen LogP contribution >= 0.6 is 0 Å². The van der Waals surface area contributed by atoms with Crippen LogP contribution in [-0.4, -0.2) is 18.1 Å². The molecule has 0 unspecified atom stereocenters. The van der Waals surface area contributed by atoms with Crippen LogP contribution in [0.5, 0.6) is 0 Å². The van der Waals surface area contributed by atoms with Gasteiger partial charge in [-0.05, 0) is 13.8 Å². The average molecular weight is 111 g/mol. The summed E-state index contributed by atoms with van der Waals surface area (Å²) in [6.07, 6.45) is 3.37. The van der Waals surface area contributed by atoms with Crippen molar-refractivity contribution in [1.29, 1.82) is 0 Å². The Kier molecular flexibility index (Phi) is 1.04. The van der Waals surface area contributed by atoms with Crippen molar-refractivity contribution in [2.24, 2.45) is 10.1 Å². The number of hydrazone groups is 1. The average Bonchev–Trinajstić information content (AvgIpc) is 1.65. The highest BCUT2D eigenvalue weighted by Crippen LogP contribution is 2.04. The second kappa shape index (κ2) is 1.58. The van der Waals surface area contributed by atoms with E-state index in [1.165, 1.54) is 0 Å². The molecule has 0 radical (unpaired) electrons. The Morgan fingerprint density at radius 3 is 2.50 bits per heavy atom. The maximum Gasteiger partial charge on any atom is 0.104 e. The van der Waals surface area contributed by atoms with E-state index in [4.69, 9.17) is 0 Å². The molecule has 1 heterocycles. The van der Waals surface area contributed by atoms with Gasteiger partial charge in [0.2, 0.25) is 0 Å². The van der Waals surface area contributed by atoms with Crippen LogP contribution in [0.1, 0.15) is 13.8 Å². The van der Waals surface area contributed by atoms with Crippen LogP contribution in [0.15, 0.2) is 10.1 Å². The number of hydrogen-bond donors (Lipinski definition) is 1. The zero-order chi connectivity index (χ0) is 6.04. The minimum absolute atomic E-state index is 0.106. The first-order chi connectivity index (χ1) is 3.71. The molecule has 0 atom stereocenters. The zero-order valence-corrected chi connectivity index (χ0v) is 5.05. The molecular weight excluding hydrogens is 102 g/mol. The molecule has 0 amide bonds. The van der Waals surface area contributed by atoms with E-state index in [9.17, 15) is 0 Å². The van der Waals surface area contributed by atoms with Crippen LogP contribution in [0.4, 0.5) is 0 Å². The molecule has 1 rings (SSSR count). The lowest BCUT2D eigenvalue weighted by molar-refractivity contribution is 0.694. The summed E-state index contributed by atoms with van der Waals surface area (Å²) in [4.78, 5) is 4.08. The van der Waals surface area contributed by atoms with Crippen LogP contribution in [0.2, 0.25) is 0 Å². The van der Waals surface area contributed by atoms with E-state index in [0.717, 1.165) is 0 Å². The third-order valence-electron chi connectivity index (χ3n) is 0.910. The molecule has 0 aromatic rings. The molecule has 3 nitrogen and oxygen atoms in total. The summed E-state index contributed by atoms with van der Waals surface area (Å²) in [5, 5.41) is 3.81. The standard InChI is InChI=1S/C5H9N3/c1-5(2)3-7-8-4-6-5/h3-4H,1-2H3,(H,6,8). The molecule has 1 aliphatic rings. The van der Waals surface area contributed by atoms with Crippen LogP contribution in [0.25, 0.3) is 0 Å². The summed E-state index contributed by atoms with van der Waals surface area (Å²) in [5.41, 5.74) is 2.51. The highest BCUT2D eigenvalue weighted by atomic mass is 15.3. The van der Waals surface area contributed by atoms with Crippen molar-refractivity contribution in [1.82, 2.24) is 5.43 Å². The molecule has 0 aromatic carbocycles. The first kappa shape index (κ1) is 5.28. The quantitative estimate of drug-likeness (QED) is 0.482. The third-order valence-corrected chi connectivity index (χ3v) is 0.910. The van der Waals surface area contributed by atoms with E-state index in [0.29, 0.717) is 0 Å². The van der Waals surface area contributed by atoms with Crippen molar-refractivity contribution in [3.63, 3.8) is 0 Å². The van der Waals surface area contributed by atoms with E-state index < -0.39 is 0 Å². The van der Waals surface area contributed by atoms with Crippen LogP contribution in [0.3, 0.4) is 0 Å². The van der Waals surface area contributed by atoms with Gasteiger partial charge in [-0.25, -0.2) is 0 Å². The lowest BCUT2D eigenvalue weighted by Crippen LogP contribution is -2.26. The summed E-state index contributed by atoms with van der Waals surface area (Å²) in [7, 11) is 0. The van der Waals surface area contributed by atoms with Crippen LogP contribution < -0.4 is 5.43 Å². The second-order valence-corrected chi connectivity index (χ2v) is 2.30. The van der Waals surface area contributed by atoms with E-state index in [2.05, 4.69) is 15.5 Å². The number of nitrogens with one attached hydrogen (secondary N) is 1. The lowest BCUT2D eigenvalue weighted by atomic mass is 10.1. The Bertz CT molecular complexity index is 121. The molecule has 0 saturated carbocycles. The Balaban J connectivity index is 2.69. The fourth-order valence-electron chi connectivity index (χ4n) is 0.457. The predicted molar refractivity (Wildman–Crippen MR) is 34.2 cm³/mol. The highest BCUT2D eigenvalue weighted by molar-refractivity contribution is 5.75. The van der Waals surface area contributed by atoms with Gasteiger partial charge in [-0.1, -0.05) is 0 Å². The van der Waals surface area contributed by atoms with Gasteiger partial charge < -0.3 is 0 Å². The van der Waals surface area contributed by atoms with Crippen LogP contribution in [-0.2, 0) is 0 Å². The molecule has 0 aromatic heterocycles. The molecular formula is C5H9N3. The van der Waals surface area contributed by atoms with Gasteiger partial charge in [0.05, 0.1) is 11.8 Å². The van der Waals surface area contributed by atoms with Gasteiger partial charge in [-0.2, -0.15) is 5.10 Å². The van der Waals surface area contributed by atoms with E-state index in [-0.39, 0.29) is 5.54 Å². The minimum Gasteiger partial charge on any atom is -0.268 e. The molecule has 0 fully saturated rings. The summed E-state index contributed by atoms with van der Waals surface area (Å²) in [6, 6.07) is 0. The molecule has 1 aliphatic heterocycles. The molecule has 1 N–H and O–H groups in total. The Hall–Kier alpha value is -0.860. The molecule has 44 valence electrons. The maximum absolute atomic E-state index is 4.08. The van der Waals surface area contributed by atoms with Crippen LogP contribution in [0, 0.1) is 0 Å². The second-order valence-electron chi connectivity index (χ2n) is 2.30. The minimum atomic E-state index is -0.106. The molecule has 3 heteroatoms. The summed E-state index contributed by atoms with van der Waals surface area (Å²) in [6.45, 7) is 3.99. The highest BCUT2D eigenvalue weighted by Gasteiger charge is 2.12. The molecule has 0 saturated heterocycles. The normalized spacial score (nSPS) is 22.8. The van der Waals surface area contributed by atoms with Gasteiger partial charge in [0.1, 0.15) is 6.34 Å². The van der Waals surface area contributed by atoms with Crippen molar-refractivity contribution in [3.05, 3.63) is 0 Å². The van der Waals surface area contributed by atoms with E-state index in [1.807, 2.05) is 13.8 Å². The van der Waals surface area contributed by atoms with Crippen molar-refractivity contribution in [2.75, 3.05) is 0 Å². The van der Waals surface area contributed by atoms with Gasteiger partial charge in [-0.15, -0.1) is 0 Å². The molecule has 8 heavy (non-hydrogen) atoms. The van der Waals surface area contributed by atoms with E-state index >= 15 is 0 Å². The van der Waals surface area contributed by atoms with Gasteiger partial charge in [0.25, 0.3) is 0 Å². The van der Waals surface area contributed by atoms with Crippen molar-refractivity contribution in [2.45, 2.75) is 19.4 Å². The zero-order valence-electron chi connectivity index (χ0n) is 5.05. The predicted octanol–water partition coefficient (Wildman–Crippen LogP) is 0.382. The monoisotopic (exact) mass is 111 g/mol.